The van der Waals surface area contributed by atoms with Crippen molar-refractivity contribution < 1.29 is 9.59 Å². The fraction of sp³-hybridized carbons (Fsp3) is 0.600. The zero-order valence-electron chi connectivity index (χ0n) is 15.6. The summed E-state index contributed by atoms with van der Waals surface area (Å²) in [7, 11) is 0. The van der Waals surface area contributed by atoms with Gasteiger partial charge in [0.1, 0.15) is 6.04 Å². The van der Waals surface area contributed by atoms with E-state index < -0.39 is 6.04 Å². The van der Waals surface area contributed by atoms with Crippen LogP contribution in [0.1, 0.15) is 64.4 Å². The van der Waals surface area contributed by atoms with Crippen LogP contribution < -0.4 is 5.32 Å². The highest BCUT2D eigenvalue weighted by molar-refractivity contribution is 6.42. The number of nitrogens with one attached hydrogen (secondary N) is 1. The molecule has 1 aromatic rings. The van der Waals surface area contributed by atoms with Crippen LogP contribution in [-0.2, 0) is 16.1 Å². The Morgan fingerprint density at radius 1 is 1.15 bits per heavy atom. The van der Waals surface area contributed by atoms with E-state index >= 15 is 0 Å². The Balaban J connectivity index is 2.14. The van der Waals surface area contributed by atoms with Gasteiger partial charge in [0.05, 0.1) is 10.0 Å². The third-order valence-electron chi connectivity index (χ3n) is 4.98. The van der Waals surface area contributed by atoms with Crippen molar-refractivity contribution in [3.8, 4) is 0 Å². The van der Waals surface area contributed by atoms with Crippen molar-refractivity contribution in [1.29, 1.82) is 0 Å². The third kappa shape index (κ3) is 5.62. The average Bonchev–Trinajstić information content (AvgIpc) is 2.64. The van der Waals surface area contributed by atoms with Crippen LogP contribution in [0.3, 0.4) is 0 Å². The molecule has 4 nitrogen and oxygen atoms in total. The van der Waals surface area contributed by atoms with Crippen LogP contribution >= 0.6 is 23.2 Å². The molecule has 6 heteroatoms. The van der Waals surface area contributed by atoms with Gasteiger partial charge < -0.3 is 10.2 Å². The van der Waals surface area contributed by atoms with Crippen LogP contribution in [0, 0.1) is 0 Å². The minimum Gasteiger partial charge on any atom is -0.352 e. The largest absolute Gasteiger partial charge is 0.352 e. The zero-order valence-corrected chi connectivity index (χ0v) is 17.1. The number of hydrogen-bond donors (Lipinski definition) is 1. The number of carbonyl (C=O) groups excluding carboxylic acids is 2. The van der Waals surface area contributed by atoms with Crippen molar-refractivity contribution in [3.05, 3.63) is 33.8 Å². The van der Waals surface area contributed by atoms with Gasteiger partial charge in [-0.05, 0) is 37.0 Å². The summed E-state index contributed by atoms with van der Waals surface area (Å²) in [4.78, 5) is 27.1. The number of hydrogen-bond acceptors (Lipinski definition) is 2. The number of carbonyl (C=O) groups is 2. The van der Waals surface area contributed by atoms with Gasteiger partial charge in [0.25, 0.3) is 0 Å². The highest BCUT2D eigenvalue weighted by Gasteiger charge is 2.29. The SMILES string of the molecule is CCC(=O)N(Cc1ccc(Cl)c(Cl)c1)[C@H](CC)C(=O)NC1CCCCC1. The van der Waals surface area contributed by atoms with Gasteiger partial charge >= 0.3 is 0 Å². The maximum absolute atomic E-state index is 12.9. The molecule has 1 atom stereocenters. The third-order valence-corrected chi connectivity index (χ3v) is 5.72. The van der Waals surface area contributed by atoms with Crippen molar-refractivity contribution in [2.45, 2.75) is 77.4 Å². The molecule has 0 spiro atoms. The number of nitrogens with zero attached hydrogens (tertiary/aromatic N) is 1. The lowest BCUT2D eigenvalue weighted by Crippen LogP contribution is -2.51. The van der Waals surface area contributed by atoms with E-state index in [0.717, 1.165) is 31.2 Å². The molecular weight excluding hydrogens is 371 g/mol. The van der Waals surface area contributed by atoms with E-state index in [-0.39, 0.29) is 17.9 Å². The summed E-state index contributed by atoms with van der Waals surface area (Å²) < 4.78 is 0. The van der Waals surface area contributed by atoms with Crippen molar-refractivity contribution in [2.24, 2.45) is 0 Å². The van der Waals surface area contributed by atoms with E-state index in [4.69, 9.17) is 23.2 Å². The second kappa shape index (κ2) is 10.2. The summed E-state index contributed by atoms with van der Waals surface area (Å²) in [6.45, 7) is 4.10. The van der Waals surface area contributed by atoms with E-state index in [1.165, 1.54) is 6.42 Å². The smallest absolute Gasteiger partial charge is 0.243 e. The van der Waals surface area contributed by atoms with Crippen molar-refractivity contribution in [3.63, 3.8) is 0 Å². The second-order valence-electron chi connectivity index (χ2n) is 6.89. The van der Waals surface area contributed by atoms with E-state index in [2.05, 4.69) is 5.32 Å². The highest BCUT2D eigenvalue weighted by Crippen LogP contribution is 2.24. The Morgan fingerprint density at radius 3 is 2.42 bits per heavy atom. The van der Waals surface area contributed by atoms with E-state index in [9.17, 15) is 9.59 Å². The number of halogens is 2. The Bertz CT molecular complexity index is 630. The van der Waals surface area contributed by atoms with Gasteiger partial charge in [-0.1, -0.05) is 62.4 Å². The summed E-state index contributed by atoms with van der Waals surface area (Å²) in [5, 5.41) is 4.08. The Kier molecular flexibility index (Phi) is 8.23. The first-order valence-corrected chi connectivity index (χ1v) is 10.3. The van der Waals surface area contributed by atoms with Crippen LogP contribution in [-0.4, -0.2) is 28.8 Å². The van der Waals surface area contributed by atoms with E-state index in [1.54, 1.807) is 17.0 Å². The average molecular weight is 399 g/mol. The molecule has 1 aliphatic rings. The molecule has 1 fully saturated rings. The molecule has 1 N–H and O–H groups in total. The summed E-state index contributed by atoms with van der Waals surface area (Å²) in [6, 6.07) is 5.07. The number of benzene rings is 1. The molecule has 0 bridgehead atoms. The van der Waals surface area contributed by atoms with Crippen LogP contribution in [0.4, 0.5) is 0 Å². The van der Waals surface area contributed by atoms with Gasteiger partial charge in [0, 0.05) is 19.0 Å². The molecule has 0 unspecified atom stereocenters. The molecule has 2 rings (SSSR count). The maximum Gasteiger partial charge on any atom is 0.243 e. The molecule has 1 aliphatic carbocycles. The fourth-order valence-electron chi connectivity index (χ4n) is 3.50. The zero-order chi connectivity index (χ0) is 19.1. The Hall–Kier alpha value is -1.26. The van der Waals surface area contributed by atoms with E-state index in [1.807, 2.05) is 19.9 Å². The van der Waals surface area contributed by atoms with Crippen molar-refractivity contribution in [2.75, 3.05) is 0 Å². The first kappa shape index (κ1) is 21.0. The number of amides is 2. The van der Waals surface area contributed by atoms with Gasteiger partial charge in [0.2, 0.25) is 11.8 Å². The minimum absolute atomic E-state index is 0.0401. The lowest BCUT2D eigenvalue weighted by Gasteiger charge is -2.32. The molecule has 0 saturated heterocycles. The molecule has 26 heavy (non-hydrogen) atoms. The Labute approximate surface area is 166 Å². The van der Waals surface area contributed by atoms with Crippen LogP contribution in [0.25, 0.3) is 0 Å². The second-order valence-corrected chi connectivity index (χ2v) is 7.71. The summed E-state index contributed by atoms with van der Waals surface area (Å²) in [6.07, 6.45) is 6.53. The highest BCUT2D eigenvalue weighted by atomic mass is 35.5. The normalized spacial score (nSPS) is 16.2. The minimum atomic E-state index is -0.473. The van der Waals surface area contributed by atoms with Gasteiger partial charge in [-0.3, -0.25) is 9.59 Å². The van der Waals surface area contributed by atoms with Gasteiger partial charge in [-0.15, -0.1) is 0 Å². The number of rotatable bonds is 7. The predicted octanol–water partition coefficient (Wildman–Crippen LogP) is 4.96. The summed E-state index contributed by atoms with van der Waals surface area (Å²) in [5.41, 5.74) is 0.866. The molecule has 1 saturated carbocycles. The molecule has 0 aromatic heterocycles. The topological polar surface area (TPSA) is 49.4 Å². The first-order valence-electron chi connectivity index (χ1n) is 9.50. The van der Waals surface area contributed by atoms with Crippen molar-refractivity contribution in [1.82, 2.24) is 10.2 Å². The molecule has 2 amide bonds. The van der Waals surface area contributed by atoms with Gasteiger partial charge in [-0.2, -0.15) is 0 Å². The maximum atomic E-state index is 12.9. The van der Waals surface area contributed by atoms with Crippen LogP contribution in [0.2, 0.25) is 10.0 Å². The van der Waals surface area contributed by atoms with Gasteiger partial charge in [0.15, 0.2) is 0 Å². The monoisotopic (exact) mass is 398 g/mol. The Morgan fingerprint density at radius 2 is 1.85 bits per heavy atom. The van der Waals surface area contributed by atoms with Gasteiger partial charge in [-0.25, -0.2) is 0 Å². The van der Waals surface area contributed by atoms with Crippen LogP contribution in [0.15, 0.2) is 18.2 Å². The molecule has 0 radical (unpaired) electrons. The first-order chi connectivity index (χ1) is 12.5. The molecule has 1 aromatic carbocycles. The summed E-state index contributed by atoms with van der Waals surface area (Å²) >= 11 is 12.1. The standard InChI is InChI=1S/C20H28Cl2N2O2/c1-3-18(20(26)23-15-8-6-5-7-9-15)24(19(25)4-2)13-14-10-11-16(21)17(22)12-14/h10-12,15,18H,3-9,13H2,1-2H3,(H,23,26)/t18-/m1/s1. The molecule has 0 heterocycles. The molecule has 144 valence electrons. The predicted molar refractivity (Wildman–Crippen MR) is 106 cm³/mol. The lowest BCUT2D eigenvalue weighted by atomic mass is 9.95. The fourth-order valence-corrected chi connectivity index (χ4v) is 3.82. The van der Waals surface area contributed by atoms with Crippen molar-refractivity contribution >= 4 is 35.0 Å². The quantitative estimate of drug-likeness (QED) is 0.705. The van der Waals surface area contributed by atoms with Crippen LogP contribution in [0.5, 0.6) is 0 Å². The molecular formula is C20H28Cl2N2O2. The summed E-state index contributed by atoms with van der Waals surface area (Å²) in [5.74, 6) is -0.0945. The lowest BCUT2D eigenvalue weighted by molar-refractivity contribution is -0.141. The van der Waals surface area contributed by atoms with E-state index in [0.29, 0.717) is 29.4 Å². The molecule has 0 aliphatic heterocycles.